The van der Waals surface area contributed by atoms with Gasteiger partial charge in [-0.15, -0.1) is 11.6 Å². The van der Waals surface area contributed by atoms with Gasteiger partial charge in [0.25, 0.3) is 0 Å². The average Bonchev–Trinajstić information content (AvgIpc) is 2.40. The fourth-order valence-corrected chi connectivity index (χ4v) is 1.69. The molecule has 22 heavy (non-hydrogen) atoms. The van der Waals surface area contributed by atoms with Gasteiger partial charge in [0, 0.05) is 12.4 Å². The number of hydrogen-bond donors (Lipinski definition) is 2. The quantitative estimate of drug-likeness (QED) is 0.630. The molecule has 0 spiro atoms. The lowest BCUT2D eigenvalue weighted by Crippen LogP contribution is -2.44. The van der Waals surface area contributed by atoms with Gasteiger partial charge >= 0.3 is 18.4 Å². The Kier molecular flexibility index (Phi) is 5.92. The predicted octanol–water partition coefficient (Wildman–Crippen LogP) is 3.85. The SMILES string of the molecule is O=C(NCCCl)NC(c1cccc(C(F)(F)F)c1)C(F)(F)F. The molecule has 0 aliphatic carbocycles. The summed E-state index contributed by atoms with van der Waals surface area (Å²) in [5.41, 5.74) is -1.95. The van der Waals surface area contributed by atoms with E-state index in [4.69, 9.17) is 11.6 Å². The lowest BCUT2D eigenvalue weighted by atomic mass is 10.0. The van der Waals surface area contributed by atoms with E-state index in [2.05, 4.69) is 0 Å². The first-order chi connectivity index (χ1) is 10.1. The van der Waals surface area contributed by atoms with Crippen LogP contribution in [0.5, 0.6) is 0 Å². The minimum absolute atomic E-state index is 0.0202. The third-order valence-electron chi connectivity index (χ3n) is 2.53. The van der Waals surface area contributed by atoms with Crippen LogP contribution in [-0.2, 0) is 6.18 Å². The number of rotatable bonds is 4. The predicted molar refractivity (Wildman–Crippen MR) is 67.5 cm³/mol. The second-order valence-electron chi connectivity index (χ2n) is 4.19. The molecule has 1 unspecified atom stereocenters. The maximum Gasteiger partial charge on any atom is 0.416 e. The summed E-state index contributed by atoms with van der Waals surface area (Å²) in [6.07, 6.45) is -9.74. The molecule has 0 fully saturated rings. The number of carbonyl (C=O) groups excluding carboxylic acids is 1. The monoisotopic (exact) mass is 348 g/mol. The van der Waals surface area contributed by atoms with Gasteiger partial charge in [0.1, 0.15) is 0 Å². The molecule has 10 heteroatoms. The van der Waals surface area contributed by atoms with E-state index in [0.717, 1.165) is 12.1 Å². The Hall–Kier alpha value is -1.64. The van der Waals surface area contributed by atoms with E-state index in [1.807, 2.05) is 5.32 Å². The fourth-order valence-electron chi connectivity index (χ4n) is 1.59. The lowest BCUT2D eigenvalue weighted by Gasteiger charge is -2.23. The van der Waals surface area contributed by atoms with Crippen molar-refractivity contribution in [1.29, 1.82) is 0 Å². The number of alkyl halides is 7. The molecule has 0 aromatic heterocycles. The summed E-state index contributed by atoms with van der Waals surface area (Å²) in [7, 11) is 0. The lowest BCUT2D eigenvalue weighted by molar-refractivity contribution is -0.155. The first-order valence-corrected chi connectivity index (χ1v) is 6.43. The molecule has 0 aliphatic rings. The molecule has 0 radical (unpaired) electrons. The van der Waals surface area contributed by atoms with Crippen molar-refractivity contribution in [2.24, 2.45) is 0 Å². The minimum atomic E-state index is -4.96. The highest BCUT2D eigenvalue weighted by atomic mass is 35.5. The second kappa shape index (κ2) is 7.08. The number of amides is 2. The summed E-state index contributed by atoms with van der Waals surface area (Å²) in [6.45, 7) is -0.0828. The Balaban J connectivity index is 3.06. The summed E-state index contributed by atoms with van der Waals surface area (Å²) < 4.78 is 76.6. The number of urea groups is 1. The normalized spacial score (nSPS) is 13.6. The Bertz CT molecular complexity index is 517. The van der Waals surface area contributed by atoms with Gasteiger partial charge in [-0.25, -0.2) is 4.79 Å². The van der Waals surface area contributed by atoms with Crippen molar-refractivity contribution in [1.82, 2.24) is 10.6 Å². The molecule has 0 saturated heterocycles. The standard InChI is InChI=1S/C12H11ClF6N2O/c13-4-5-20-10(22)21-9(12(17,18)19)7-2-1-3-8(6-7)11(14,15)16/h1-3,6,9H,4-5H2,(H2,20,21,22). The van der Waals surface area contributed by atoms with Crippen LogP contribution in [0, 0.1) is 0 Å². The Morgan fingerprint density at radius 2 is 1.82 bits per heavy atom. The van der Waals surface area contributed by atoms with Crippen LogP contribution in [0.4, 0.5) is 31.1 Å². The highest BCUT2D eigenvalue weighted by molar-refractivity contribution is 6.18. The van der Waals surface area contributed by atoms with E-state index in [1.54, 1.807) is 5.32 Å². The van der Waals surface area contributed by atoms with Crippen LogP contribution >= 0.6 is 11.6 Å². The molecule has 1 aromatic rings. The second-order valence-corrected chi connectivity index (χ2v) is 4.57. The van der Waals surface area contributed by atoms with Crippen molar-refractivity contribution in [2.45, 2.75) is 18.4 Å². The van der Waals surface area contributed by atoms with Crippen molar-refractivity contribution < 1.29 is 31.1 Å². The van der Waals surface area contributed by atoms with E-state index in [0.29, 0.717) is 12.1 Å². The molecule has 0 saturated carbocycles. The van der Waals surface area contributed by atoms with Gasteiger partial charge in [-0.3, -0.25) is 0 Å². The van der Waals surface area contributed by atoms with Crippen LogP contribution in [0.15, 0.2) is 24.3 Å². The zero-order chi connectivity index (χ0) is 17.0. The fraction of sp³-hybridized carbons (Fsp3) is 0.417. The minimum Gasteiger partial charge on any atom is -0.337 e. The molecular weight excluding hydrogens is 338 g/mol. The maximum atomic E-state index is 13.0. The summed E-state index contributed by atoms with van der Waals surface area (Å²) in [5, 5.41) is 3.63. The van der Waals surface area contributed by atoms with Gasteiger partial charge in [-0.05, 0) is 17.7 Å². The van der Waals surface area contributed by atoms with Gasteiger partial charge in [0.2, 0.25) is 0 Å². The molecule has 1 rings (SSSR count). The van der Waals surface area contributed by atoms with E-state index >= 15 is 0 Å². The third-order valence-corrected chi connectivity index (χ3v) is 2.72. The molecular formula is C12H11ClF6N2O. The first-order valence-electron chi connectivity index (χ1n) is 5.90. The number of carbonyl (C=O) groups is 1. The van der Waals surface area contributed by atoms with Gasteiger partial charge in [-0.1, -0.05) is 12.1 Å². The van der Waals surface area contributed by atoms with Crippen molar-refractivity contribution in [3.63, 3.8) is 0 Å². The molecule has 1 atom stereocenters. The number of benzene rings is 1. The van der Waals surface area contributed by atoms with Crippen LogP contribution < -0.4 is 10.6 Å². The van der Waals surface area contributed by atoms with E-state index in [-0.39, 0.29) is 12.4 Å². The summed E-state index contributed by atoms with van der Waals surface area (Å²) >= 11 is 5.27. The van der Waals surface area contributed by atoms with Crippen molar-refractivity contribution in [2.75, 3.05) is 12.4 Å². The molecule has 2 N–H and O–H groups in total. The van der Waals surface area contributed by atoms with Crippen LogP contribution in [0.1, 0.15) is 17.2 Å². The molecule has 0 aliphatic heterocycles. The Labute approximate surface area is 126 Å². The van der Waals surface area contributed by atoms with Crippen molar-refractivity contribution in [3.8, 4) is 0 Å². The Morgan fingerprint density at radius 1 is 1.18 bits per heavy atom. The first kappa shape index (κ1) is 18.4. The van der Waals surface area contributed by atoms with Crippen LogP contribution in [0.25, 0.3) is 0 Å². The summed E-state index contributed by atoms with van der Waals surface area (Å²) in [5.74, 6) is -0.0202. The van der Waals surface area contributed by atoms with Gasteiger partial charge in [0.05, 0.1) is 5.56 Å². The molecule has 3 nitrogen and oxygen atoms in total. The third kappa shape index (κ3) is 5.28. The maximum absolute atomic E-state index is 13.0. The average molecular weight is 349 g/mol. The zero-order valence-electron chi connectivity index (χ0n) is 10.9. The van der Waals surface area contributed by atoms with Crippen LogP contribution in [0.3, 0.4) is 0 Å². The highest BCUT2D eigenvalue weighted by Gasteiger charge is 2.43. The molecule has 1 aromatic carbocycles. The number of halogens is 7. The van der Waals surface area contributed by atoms with E-state index < -0.39 is 35.6 Å². The topological polar surface area (TPSA) is 41.1 Å². The van der Waals surface area contributed by atoms with E-state index in [9.17, 15) is 31.1 Å². The molecule has 0 bridgehead atoms. The van der Waals surface area contributed by atoms with Crippen molar-refractivity contribution in [3.05, 3.63) is 35.4 Å². The van der Waals surface area contributed by atoms with Crippen molar-refractivity contribution >= 4 is 17.6 Å². The molecule has 2 amide bonds. The largest absolute Gasteiger partial charge is 0.416 e. The Morgan fingerprint density at radius 3 is 2.32 bits per heavy atom. The highest BCUT2D eigenvalue weighted by Crippen LogP contribution is 2.36. The van der Waals surface area contributed by atoms with Gasteiger partial charge < -0.3 is 10.6 Å². The van der Waals surface area contributed by atoms with E-state index in [1.165, 1.54) is 0 Å². The van der Waals surface area contributed by atoms with Gasteiger partial charge in [0.15, 0.2) is 6.04 Å². The number of hydrogen-bond acceptors (Lipinski definition) is 1. The van der Waals surface area contributed by atoms with Crippen LogP contribution in [-0.4, -0.2) is 24.6 Å². The zero-order valence-corrected chi connectivity index (χ0v) is 11.6. The number of nitrogens with one attached hydrogen (secondary N) is 2. The summed E-state index contributed by atoms with van der Waals surface area (Å²) in [4.78, 5) is 11.3. The van der Waals surface area contributed by atoms with Gasteiger partial charge in [-0.2, -0.15) is 26.3 Å². The summed E-state index contributed by atoms with van der Waals surface area (Å²) in [6, 6.07) is -1.06. The van der Waals surface area contributed by atoms with Crippen LogP contribution in [0.2, 0.25) is 0 Å². The molecule has 124 valence electrons. The smallest absolute Gasteiger partial charge is 0.337 e. The molecule has 0 heterocycles.